The normalized spacial score (nSPS) is 21.2. The van der Waals surface area contributed by atoms with Crippen LogP contribution in [0.2, 0.25) is 0 Å². The van der Waals surface area contributed by atoms with Gasteiger partial charge in [0.15, 0.2) is 0 Å². The number of piperidine rings is 1. The highest BCUT2D eigenvalue weighted by Gasteiger charge is 2.15. The predicted octanol–water partition coefficient (Wildman–Crippen LogP) is 1.33. The van der Waals surface area contributed by atoms with Crippen molar-refractivity contribution in [2.24, 2.45) is 11.8 Å². The molecule has 1 saturated heterocycles. The second-order valence-corrected chi connectivity index (χ2v) is 5.20. The highest BCUT2D eigenvalue weighted by molar-refractivity contribution is 4.71. The SMILES string of the molecule is CCC(CO)CNCCC1CCN(C)CC1. The molecule has 1 fully saturated rings. The van der Waals surface area contributed by atoms with Crippen LogP contribution >= 0.6 is 0 Å². The minimum Gasteiger partial charge on any atom is -0.396 e. The zero-order valence-electron chi connectivity index (χ0n) is 10.9. The van der Waals surface area contributed by atoms with Gasteiger partial charge < -0.3 is 15.3 Å². The largest absolute Gasteiger partial charge is 0.396 e. The maximum absolute atomic E-state index is 9.06. The van der Waals surface area contributed by atoms with Gasteiger partial charge in [0.1, 0.15) is 0 Å². The molecule has 0 aliphatic carbocycles. The van der Waals surface area contributed by atoms with Crippen LogP contribution in [-0.4, -0.2) is 49.8 Å². The molecule has 0 amide bonds. The van der Waals surface area contributed by atoms with Crippen molar-refractivity contribution in [1.82, 2.24) is 10.2 Å². The summed E-state index contributed by atoms with van der Waals surface area (Å²) in [6.45, 7) is 7.07. The number of nitrogens with one attached hydrogen (secondary N) is 1. The van der Waals surface area contributed by atoms with Gasteiger partial charge in [-0.2, -0.15) is 0 Å². The molecule has 0 aromatic carbocycles. The molecule has 1 heterocycles. The van der Waals surface area contributed by atoms with E-state index in [1.54, 1.807) is 0 Å². The molecule has 16 heavy (non-hydrogen) atoms. The molecule has 3 heteroatoms. The summed E-state index contributed by atoms with van der Waals surface area (Å²) in [4.78, 5) is 2.42. The average molecular weight is 228 g/mol. The molecule has 2 N–H and O–H groups in total. The molecule has 0 radical (unpaired) electrons. The predicted molar refractivity (Wildman–Crippen MR) is 68.6 cm³/mol. The smallest absolute Gasteiger partial charge is 0.0471 e. The number of hydrogen-bond donors (Lipinski definition) is 2. The summed E-state index contributed by atoms with van der Waals surface area (Å²) in [6.07, 6.45) is 5.08. The van der Waals surface area contributed by atoms with Crippen molar-refractivity contribution in [3.05, 3.63) is 0 Å². The Morgan fingerprint density at radius 2 is 2.06 bits per heavy atom. The summed E-state index contributed by atoms with van der Waals surface area (Å²) in [6, 6.07) is 0. The summed E-state index contributed by atoms with van der Waals surface area (Å²) in [5, 5.41) is 12.5. The maximum atomic E-state index is 9.06. The van der Waals surface area contributed by atoms with E-state index in [0.29, 0.717) is 12.5 Å². The van der Waals surface area contributed by atoms with E-state index in [-0.39, 0.29) is 0 Å². The highest BCUT2D eigenvalue weighted by Crippen LogP contribution is 2.18. The minimum atomic E-state index is 0.317. The van der Waals surface area contributed by atoms with Crippen molar-refractivity contribution in [1.29, 1.82) is 0 Å². The number of aliphatic hydroxyl groups excluding tert-OH is 1. The Morgan fingerprint density at radius 3 is 2.62 bits per heavy atom. The molecule has 0 spiro atoms. The summed E-state index contributed by atoms with van der Waals surface area (Å²) < 4.78 is 0. The topological polar surface area (TPSA) is 35.5 Å². The van der Waals surface area contributed by atoms with Crippen molar-refractivity contribution < 1.29 is 5.11 Å². The van der Waals surface area contributed by atoms with Gasteiger partial charge in [0.2, 0.25) is 0 Å². The van der Waals surface area contributed by atoms with Gasteiger partial charge in [0.05, 0.1) is 0 Å². The van der Waals surface area contributed by atoms with Crippen LogP contribution < -0.4 is 5.32 Å². The van der Waals surface area contributed by atoms with Gasteiger partial charge in [-0.1, -0.05) is 6.92 Å². The van der Waals surface area contributed by atoms with Crippen LogP contribution in [0.25, 0.3) is 0 Å². The number of likely N-dealkylation sites (tertiary alicyclic amines) is 1. The summed E-state index contributed by atoms with van der Waals surface area (Å²) >= 11 is 0. The Hall–Kier alpha value is -0.120. The molecule has 3 nitrogen and oxygen atoms in total. The van der Waals surface area contributed by atoms with E-state index in [2.05, 4.69) is 24.2 Å². The second-order valence-electron chi connectivity index (χ2n) is 5.20. The Kier molecular flexibility index (Phi) is 7.01. The summed E-state index contributed by atoms with van der Waals surface area (Å²) in [7, 11) is 2.21. The number of nitrogens with zero attached hydrogens (tertiary/aromatic N) is 1. The molecule has 1 unspecified atom stereocenters. The van der Waals surface area contributed by atoms with Gasteiger partial charge in [0.25, 0.3) is 0 Å². The van der Waals surface area contributed by atoms with E-state index >= 15 is 0 Å². The molecule has 1 aliphatic rings. The molecule has 1 aliphatic heterocycles. The zero-order chi connectivity index (χ0) is 11.8. The van der Waals surface area contributed by atoms with Crippen LogP contribution in [0.15, 0.2) is 0 Å². The van der Waals surface area contributed by atoms with E-state index < -0.39 is 0 Å². The Morgan fingerprint density at radius 1 is 1.38 bits per heavy atom. The van der Waals surface area contributed by atoms with E-state index in [1.807, 2.05) is 0 Å². The van der Waals surface area contributed by atoms with Crippen LogP contribution in [0.4, 0.5) is 0 Å². The molecule has 0 aromatic rings. The molecule has 0 saturated carbocycles. The summed E-state index contributed by atoms with van der Waals surface area (Å²) in [5.74, 6) is 1.36. The van der Waals surface area contributed by atoms with Crippen molar-refractivity contribution >= 4 is 0 Å². The molecule has 0 aromatic heterocycles. The molecule has 96 valence electrons. The van der Waals surface area contributed by atoms with Crippen molar-refractivity contribution in [3.63, 3.8) is 0 Å². The first-order valence-electron chi connectivity index (χ1n) is 6.76. The van der Waals surface area contributed by atoms with Gasteiger partial charge in [-0.05, 0) is 64.2 Å². The van der Waals surface area contributed by atoms with E-state index in [9.17, 15) is 0 Å². The maximum Gasteiger partial charge on any atom is 0.0471 e. The zero-order valence-corrected chi connectivity index (χ0v) is 10.9. The van der Waals surface area contributed by atoms with E-state index in [0.717, 1.165) is 25.4 Å². The lowest BCUT2D eigenvalue weighted by atomic mass is 9.94. The van der Waals surface area contributed by atoms with Crippen LogP contribution in [0.1, 0.15) is 32.6 Å². The average Bonchev–Trinajstić information content (AvgIpc) is 2.32. The van der Waals surface area contributed by atoms with Gasteiger partial charge in [0, 0.05) is 13.2 Å². The summed E-state index contributed by atoms with van der Waals surface area (Å²) in [5.41, 5.74) is 0. The third kappa shape index (κ3) is 5.28. The Labute approximate surface area is 100 Å². The first kappa shape index (κ1) is 13.9. The molecule has 0 bridgehead atoms. The van der Waals surface area contributed by atoms with Crippen LogP contribution in [0.3, 0.4) is 0 Å². The number of rotatable bonds is 7. The second kappa shape index (κ2) is 8.04. The monoisotopic (exact) mass is 228 g/mol. The first-order chi connectivity index (χ1) is 7.76. The van der Waals surface area contributed by atoms with Gasteiger partial charge >= 0.3 is 0 Å². The number of hydrogen-bond acceptors (Lipinski definition) is 3. The minimum absolute atomic E-state index is 0.317. The van der Waals surface area contributed by atoms with Crippen molar-refractivity contribution in [2.45, 2.75) is 32.6 Å². The van der Waals surface area contributed by atoms with Gasteiger partial charge in [-0.3, -0.25) is 0 Å². The fraction of sp³-hybridized carbons (Fsp3) is 1.00. The molecule has 1 rings (SSSR count). The van der Waals surface area contributed by atoms with Crippen LogP contribution in [0, 0.1) is 11.8 Å². The molecular weight excluding hydrogens is 200 g/mol. The standard InChI is InChI=1S/C13H28N2O/c1-3-12(11-16)10-14-7-4-13-5-8-15(2)9-6-13/h12-14,16H,3-11H2,1-2H3. The van der Waals surface area contributed by atoms with Crippen LogP contribution in [-0.2, 0) is 0 Å². The Bertz CT molecular complexity index is 163. The fourth-order valence-electron chi connectivity index (χ4n) is 2.30. The van der Waals surface area contributed by atoms with Crippen molar-refractivity contribution in [3.8, 4) is 0 Å². The van der Waals surface area contributed by atoms with Gasteiger partial charge in [-0.25, -0.2) is 0 Å². The van der Waals surface area contributed by atoms with E-state index in [1.165, 1.54) is 32.4 Å². The van der Waals surface area contributed by atoms with Crippen LogP contribution in [0.5, 0.6) is 0 Å². The third-order valence-corrected chi connectivity index (χ3v) is 3.84. The lowest BCUT2D eigenvalue weighted by molar-refractivity contribution is 0.204. The third-order valence-electron chi connectivity index (χ3n) is 3.84. The fourth-order valence-corrected chi connectivity index (χ4v) is 2.30. The van der Waals surface area contributed by atoms with Gasteiger partial charge in [-0.15, -0.1) is 0 Å². The lowest BCUT2D eigenvalue weighted by Crippen LogP contribution is -2.32. The van der Waals surface area contributed by atoms with E-state index in [4.69, 9.17) is 5.11 Å². The lowest BCUT2D eigenvalue weighted by Gasteiger charge is -2.29. The Balaban J connectivity index is 1.98. The first-order valence-corrected chi connectivity index (χ1v) is 6.76. The molecular formula is C13H28N2O. The highest BCUT2D eigenvalue weighted by atomic mass is 16.3. The number of aliphatic hydroxyl groups is 1. The molecule has 1 atom stereocenters. The van der Waals surface area contributed by atoms with Crippen molar-refractivity contribution in [2.75, 3.05) is 39.8 Å². The quantitative estimate of drug-likeness (QED) is 0.645.